The molecule has 0 aliphatic rings. The standard InChI is InChI=1S/C23H28N2O/c26-20-23(14-9-17-24-15-7-8-16-24)25(18-21-10-3-1-4-11-21)19-22-12-5-2-6-13-22/h1-8,10-13,15-16,23,26H,9,14,17-20H2. The van der Waals surface area contributed by atoms with E-state index < -0.39 is 0 Å². The Balaban J connectivity index is 1.66. The van der Waals surface area contributed by atoms with Crippen molar-refractivity contribution < 1.29 is 5.11 Å². The molecule has 0 saturated heterocycles. The monoisotopic (exact) mass is 348 g/mol. The van der Waals surface area contributed by atoms with Crippen LogP contribution in [0.2, 0.25) is 0 Å². The lowest BCUT2D eigenvalue weighted by Crippen LogP contribution is -2.37. The first-order valence-electron chi connectivity index (χ1n) is 9.38. The number of aryl methyl sites for hydroxylation is 1. The second kappa shape index (κ2) is 9.95. The number of rotatable bonds is 10. The number of hydrogen-bond donors (Lipinski definition) is 1. The van der Waals surface area contributed by atoms with E-state index in [1.54, 1.807) is 0 Å². The van der Waals surface area contributed by atoms with Crippen molar-refractivity contribution in [2.75, 3.05) is 6.61 Å². The highest BCUT2D eigenvalue weighted by Gasteiger charge is 2.18. The van der Waals surface area contributed by atoms with Gasteiger partial charge in [0.25, 0.3) is 0 Å². The van der Waals surface area contributed by atoms with Crippen molar-refractivity contribution in [1.29, 1.82) is 0 Å². The normalized spacial score (nSPS) is 12.4. The largest absolute Gasteiger partial charge is 0.395 e. The first kappa shape index (κ1) is 18.4. The number of aliphatic hydroxyl groups is 1. The smallest absolute Gasteiger partial charge is 0.0587 e. The maximum absolute atomic E-state index is 10.1. The average molecular weight is 348 g/mol. The summed E-state index contributed by atoms with van der Waals surface area (Å²) < 4.78 is 2.20. The van der Waals surface area contributed by atoms with Gasteiger partial charge >= 0.3 is 0 Å². The Labute approximate surface area is 156 Å². The zero-order chi connectivity index (χ0) is 18.0. The average Bonchev–Trinajstić information content (AvgIpc) is 3.20. The molecule has 0 amide bonds. The minimum absolute atomic E-state index is 0.158. The van der Waals surface area contributed by atoms with E-state index in [0.29, 0.717) is 0 Å². The molecule has 136 valence electrons. The van der Waals surface area contributed by atoms with Crippen LogP contribution in [0.4, 0.5) is 0 Å². The summed E-state index contributed by atoms with van der Waals surface area (Å²) in [6.45, 7) is 2.88. The molecule has 1 atom stereocenters. The van der Waals surface area contributed by atoms with Gasteiger partial charge in [-0.15, -0.1) is 0 Å². The van der Waals surface area contributed by atoms with Crippen LogP contribution < -0.4 is 0 Å². The van der Waals surface area contributed by atoms with Gasteiger partial charge in [-0.3, -0.25) is 4.90 Å². The van der Waals surface area contributed by atoms with Crippen molar-refractivity contribution in [3.8, 4) is 0 Å². The maximum atomic E-state index is 10.1. The summed E-state index contributed by atoms with van der Waals surface area (Å²) in [7, 11) is 0. The third-order valence-corrected chi connectivity index (χ3v) is 4.80. The van der Waals surface area contributed by atoms with E-state index in [1.165, 1.54) is 11.1 Å². The molecule has 1 unspecified atom stereocenters. The van der Waals surface area contributed by atoms with Gasteiger partial charge in [0.1, 0.15) is 0 Å². The topological polar surface area (TPSA) is 28.4 Å². The van der Waals surface area contributed by atoms with Crippen LogP contribution in [0.15, 0.2) is 85.2 Å². The predicted octanol–water partition coefficient (Wildman–Crippen LogP) is 4.33. The highest BCUT2D eigenvalue weighted by Crippen LogP contribution is 2.17. The van der Waals surface area contributed by atoms with Gasteiger partial charge in [0.05, 0.1) is 6.61 Å². The Morgan fingerprint density at radius 1 is 0.769 bits per heavy atom. The highest BCUT2D eigenvalue weighted by molar-refractivity contribution is 5.17. The molecule has 3 rings (SSSR count). The summed E-state index contributed by atoms with van der Waals surface area (Å²) in [6.07, 6.45) is 6.23. The van der Waals surface area contributed by atoms with Crippen LogP contribution >= 0.6 is 0 Å². The van der Waals surface area contributed by atoms with Crippen molar-refractivity contribution in [2.45, 2.75) is 38.5 Å². The Morgan fingerprint density at radius 2 is 1.31 bits per heavy atom. The molecular formula is C23H28N2O. The molecule has 0 saturated carbocycles. The molecule has 3 heteroatoms. The van der Waals surface area contributed by atoms with Gasteiger partial charge in [-0.2, -0.15) is 0 Å². The fourth-order valence-electron chi connectivity index (χ4n) is 3.37. The van der Waals surface area contributed by atoms with Crippen molar-refractivity contribution in [2.24, 2.45) is 0 Å². The van der Waals surface area contributed by atoms with Crippen LogP contribution in [0.3, 0.4) is 0 Å². The van der Waals surface area contributed by atoms with Gasteiger partial charge in [-0.1, -0.05) is 60.7 Å². The van der Waals surface area contributed by atoms with E-state index in [9.17, 15) is 5.11 Å². The summed E-state index contributed by atoms with van der Waals surface area (Å²) >= 11 is 0. The van der Waals surface area contributed by atoms with Gasteiger partial charge in [-0.05, 0) is 36.1 Å². The number of nitrogens with zero attached hydrogens (tertiary/aromatic N) is 2. The van der Waals surface area contributed by atoms with Crippen LogP contribution in [-0.2, 0) is 19.6 Å². The van der Waals surface area contributed by atoms with E-state index in [-0.39, 0.29) is 12.6 Å². The summed E-state index contributed by atoms with van der Waals surface area (Å²) in [5.74, 6) is 0. The van der Waals surface area contributed by atoms with Crippen LogP contribution in [0.1, 0.15) is 24.0 Å². The third kappa shape index (κ3) is 5.58. The molecule has 1 N–H and O–H groups in total. The van der Waals surface area contributed by atoms with Crippen molar-refractivity contribution in [3.05, 3.63) is 96.3 Å². The van der Waals surface area contributed by atoms with Gasteiger partial charge < -0.3 is 9.67 Å². The van der Waals surface area contributed by atoms with Gasteiger partial charge in [-0.25, -0.2) is 0 Å². The Morgan fingerprint density at radius 3 is 1.81 bits per heavy atom. The van der Waals surface area contributed by atoms with Crippen LogP contribution in [0, 0.1) is 0 Å². The number of aromatic nitrogens is 1. The zero-order valence-corrected chi connectivity index (χ0v) is 15.2. The van der Waals surface area contributed by atoms with Crippen molar-refractivity contribution >= 4 is 0 Å². The lowest BCUT2D eigenvalue weighted by atomic mass is 10.1. The lowest BCUT2D eigenvalue weighted by molar-refractivity contribution is 0.101. The van der Waals surface area contributed by atoms with Crippen LogP contribution in [0.25, 0.3) is 0 Å². The molecule has 1 heterocycles. The van der Waals surface area contributed by atoms with Gasteiger partial charge in [0, 0.05) is 38.1 Å². The van der Waals surface area contributed by atoms with Crippen molar-refractivity contribution in [1.82, 2.24) is 9.47 Å². The number of benzene rings is 2. The molecule has 3 aromatic rings. The highest BCUT2D eigenvalue weighted by atomic mass is 16.3. The quantitative estimate of drug-likeness (QED) is 0.591. The van der Waals surface area contributed by atoms with Crippen LogP contribution in [-0.4, -0.2) is 27.2 Å². The zero-order valence-electron chi connectivity index (χ0n) is 15.2. The second-order valence-electron chi connectivity index (χ2n) is 6.78. The molecule has 2 aromatic carbocycles. The Hall–Kier alpha value is -2.36. The lowest BCUT2D eigenvalue weighted by Gasteiger charge is -2.31. The Bertz CT molecular complexity index is 684. The molecule has 0 aliphatic heterocycles. The van der Waals surface area contributed by atoms with E-state index in [1.807, 2.05) is 12.1 Å². The summed E-state index contributed by atoms with van der Waals surface area (Å²) in [4.78, 5) is 2.40. The minimum Gasteiger partial charge on any atom is -0.395 e. The third-order valence-electron chi connectivity index (χ3n) is 4.80. The summed E-state index contributed by atoms with van der Waals surface area (Å²) in [5, 5.41) is 10.1. The maximum Gasteiger partial charge on any atom is 0.0587 e. The molecular weight excluding hydrogens is 320 g/mol. The van der Waals surface area contributed by atoms with E-state index in [2.05, 4.69) is 82.5 Å². The Kier molecular flexibility index (Phi) is 7.05. The molecule has 0 spiro atoms. The minimum atomic E-state index is 0.158. The number of hydrogen-bond acceptors (Lipinski definition) is 2. The van der Waals surface area contributed by atoms with E-state index >= 15 is 0 Å². The summed E-state index contributed by atoms with van der Waals surface area (Å²) in [6, 6.07) is 25.3. The predicted molar refractivity (Wildman–Crippen MR) is 107 cm³/mol. The van der Waals surface area contributed by atoms with Gasteiger partial charge in [0.2, 0.25) is 0 Å². The van der Waals surface area contributed by atoms with E-state index in [4.69, 9.17) is 0 Å². The first-order chi connectivity index (χ1) is 12.8. The SMILES string of the molecule is OCC(CCCn1cccc1)N(Cc1ccccc1)Cc1ccccc1. The fraction of sp³-hybridized carbons (Fsp3) is 0.304. The molecule has 0 radical (unpaired) electrons. The molecule has 1 aromatic heterocycles. The van der Waals surface area contributed by atoms with Gasteiger partial charge in [0.15, 0.2) is 0 Å². The van der Waals surface area contributed by atoms with Crippen LogP contribution in [0.5, 0.6) is 0 Å². The fourth-order valence-corrected chi connectivity index (χ4v) is 3.37. The molecule has 0 aliphatic carbocycles. The van der Waals surface area contributed by atoms with E-state index in [0.717, 1.165) is 32.5 Å². The molecule has 0 bridgehead atoms. The molecule has 3 nitrogen and oxygen atoms in total. The molecule has 0 fully saturated rings. The number of aliphatic hydroxyl groups excluding tert-OH is 1. The summed E-state index contributed by atoms with van der Waals surface area (Å²) in [5.41, 5.74) is 2.57. The second-order valence-corrected chi connectivity index (χ2v) is 6.78. The van der Waals surface area contributed by atoms with Crippen molar-refractivity contribution in [3.63, 3.8) is 0 Å². The first-order valence-corrected chi connectivity index (χ1v) is 9.38. The molecule has 26 heavy (non-hydrogen) atoms.